The third-order valence-electron chi connectivity index (χ3n) is 14.1. The fourth-order valence-corrected chi connectivity index (χ4v) is 11.0. The first-order chi connectivity index (χ1) is 31.5. The van der Waals surface area contributed by atoms with E-state index in [1.165, 1.54) is 55.1 Å². The topological polar surface area (TPSA) is 21.3 Å². The van der Waals surface area contributed by atoms with Crippen molar-refractivity contribution < 1.29 is 4.42 Å². The van der Waals surface area contributed by atoms with Crippen LogP contribution in [-0.2, 0) is 5.41 Å². The highest BCUT2D eigenvalue weighted by atomic mass is 16.3. The minimum Gasteiger partial charge on any atom is -0.455 e. The van der Waals surface area contributed by atoms with Crippen LogP contribution in [0.15, 0.2) is 217 Å². The number of hydrogen-bond acceptors (Lipinski definition) is 2. The Morgan fingerprint density at radius 2 is 1.28 bits per heavy atom. The largest absolute Gasteiger partial charge is 0.455 e. The average Bonchev–Trinajstić information content (AvgIpc) is 3.98. The van der Waals surface area contributed by atoms with Crippen LogP contribution in [0.2, 0.25) is 0 Å². The van der Waals surface area contributed by atoms with Crippen molar-refractivity contribution in [1.82, 2.24) is 4.57 Å². The molecule has 0 aliphatic heterocycles. The average molecular weight is 821 g/mol. The second kappa shape index (κ2) is 14.1. The van der Waals surface area contributed by atoms with E-state index in [2.05, 4.69) is 236 Å². The molecule has 3 nitrogen and oxygen atoms in total. The predicted molar refractivity (Wildman–Crippen MR) is 269 cm³/mol. The van der Waals surface area contributed by atoms with Crippen molar-refractivity contribution in [2.45, 2.75) is 31.6 Å². The highest BCUT2D eigenvalue weighted by molar-refractivity contribution is 6.32. The van der Waals surface area contributed by atoms with E-state index in [1.54, 1.807) is 0 Å². The Balaban J connectivity index is 1.16. The van der Waals surface area contributed by atoms with E-state index in [9.17, 15) is 0 Å². The van der Waals surface area contributed by atoms with Crippen LogP contribution >= 0.6 is 0 Å². The van der Waals surface area contributed by atoms with Crippen molar-refractivity contribution in [3.8, 4) is 27.9 Å². The number of rotatable bonds is 6. The third kappa shape index (κ3) is 5.47. The Morgan fingerprint density at radius 3 is 2.11 bits per heavy atom. The third-order valence-corrected chi connectivity index (χ3v) is 14.1. The zero-order valence-corrected chi connectivity index (χ0v) is 35.8. The lowest BCUT2D eigenvalue weighted by Gasteiger charge is -2.29. The van der Waals surface area contributed by atoms with Gasteiger partial charge in [0.2, 0.25) is 0 Å². The number of allylic oxidation sites excluding steroid dienone is 4. The fraction of sp³-hybridized carbons (Fsp3) is 0.0820. The highest BCUT2D eigenvalue weighted by Crippen LogP contribution is 2.53. The van der Waals surface area contributed by atoms with Gasteiger partial charge < -0.3 is 13.9 Å². The van der Waals surface area contributed by atoms with Crippen molar-refractivity contribution in [2.75, 3.05) is 4.90 Å². The fourth-order valence-electron chi connectivity index (χ4n) is 11.0. The molecule has 2 aliphatic carbocycles. The molecule has 0 spiro atoms. The molecule has 13 rings (SSSR count). The van der Waals surface area contributed by atoms with Gasteiger partial charge in [0, 0.05) is 44.6 Å². The van der Waals surface area contributed by atoms with Gasteiger partial charge in [0.05, 0.1) is 22.1 Å². The summed E-state index contributed by atoms with van der Waals surface area (Å²) < 4.78 is 9.55. The Kier molecular flexibility index (Phi) is 8.08. The summed E-state index contributed by atoms with van der Waals surface area (Å²) >= 11 is 0. The van der Waals surface area contributed by atoms with Crippen LogP contribution in [-0.4, -0.2) is 4.57 Å². The Hall–Kier alpha value is -7.88. The van der Waals surface area contributed by atoms with Gasteiger partial charge >= 0.3 is 0 Å². The maximum atomic E-state index is 7.06. The van der Waals surface area contributed by atoms with E-state index >= 15 is 0 Å². The van der Waals surface area contributed by atoms with Crippen LogP contribution in [0.1, 0.15) is 42.9 Å². The van der Waals surface area contributed by atoms with E-state index in [-0.39, 0.29) is 5.41 Å². The summed E-state index contributed by atoms with van der Waals surface area (Å²) in [7, 11) is 0. The standard InChI is InChI=1S/C61H44N2O/c1-61(2)52-23-13-11-21-48(52)49-35-34-46(37-53(49)61)62(44-30-25-41(26-31-44)39-15-5-3-6-16-39)55-38-51-50-22-12-14-24-56(50)64-60(51)58-57-47-20-10-9-19-43(47)29-36-54(57)63(59(55)58)45-32-27-42(28-33-45)40-17-7-4-8-18-40/h3-15,17-39H,16H2,1-2H3. The summed E-state index contributed by atoms with van der Waals surface area (Å²) in [5.41, 5.74) is 17.2. The first-order valence-electron chi connectivity index (χ1n) is 22.4. The molecule has 1 atom stereocenters. The van der Waals surface area contributed by atoms with Crippen molar-refractivity contribution >= 4 is 71.6 Å². The molecule has 0 saturated carbocycles. The van der Waals surface area contributed by atoms with E-state index in [0.29, 0.717) is 5.92 Å². The maximum Gasteiger partial charge on any atom is 0.145 e. The molecule has 0 N–H and O–H groups in total. The van der Waals surface area contributed by atoms with Crippen LogP contribution in [0.25, 0.3) is 82.5 Å². The smallest absolute Gasteiger partial charge is 0.145 e. The quantitative estimate of drug-likeness (QED) is 0.167. The predicted octanol–water partition coefficient (Wildman–Crippen LogP) is 16.9. The number of para-hydroxylation sites is 1. The molecular weight excluding hydrogens is 777 g/mol. The van der Waals surface area contributed by atoms with Crippen molar-refractivity contribution in [3.05, 3.63) is 229 Å². The molecule has 304 valence electrons. The summed E-state index contributed by atoms with van der Waals surface area (Å²) in [5.74, 6) is 0.349. The molecule has 64 heavy (non-hydrogen) atoms. The number of benzene rings is 9. The normalized spacial score (nSPS) is 15.1. The lowest BCUT2D eigenvalue weighted by atomic mass is 9.82. The van der Waals surface area contributed by atoms with E-state index < -0.39 is 0 Å². The zero-order chi connectivity index (χ0) is 42.5. The molecule has 9 aromatic carbocycles. The number of fused-ring (bicyclic) bond motifs is 12. The van der Waals surface area contributed by atoms with E-state index in [0.717, 1.165) is 67.5 Å². The minimum atomic E-state index is -0.174. The Morgan fingerprint density at radius 1 is 0.562 bits per heavy atom. The monoisotopic (exact) mass is 820 g/mol. The van der Waals surface area contributed by atoms with Gasteiger partial charge in [-0.15, -0.1) is 0 Å². The summed E-state index contributed by atoms with van der Waals surface area (Å²) in [6.45, 7) is 4.74. The summed E-state index contributed by atoms with van der Waals surface area (Å²) in [5, 5.41) is 6.89. The zero-order valence-electron chi connectivity index (χ0n) is 35.8. The summed E-state index contributed by atoms with van der Waals surface area (Å²) in [6, 6.07) is 69.4. The SMILES string of the molecule is CC1(C)c2ccccc2-c2ccc(N(c3ccc(C4C=CC=CC4)cc3)c3cc4c5ccccc5oc4c4c5c6ccccc6ccc5n(-c5ccc(-c6ccccc6)cc5)c34)cc21. The number of furan rings is 1. The molecule has 0 amide bonds. The Bertz CT molecular complexity index is 3710. The molecule has 1 unspecified atom stereocenters. The lowest BCUT2D eigenvalue weighted by molar-refractivity contribution is 0.660. The number of aromatic nitrogens is 1. The molecule has 11 aromatic rings. The second-order valence-electron chi connectivity index (χ2n) is 18.0. The van der Waals surface area contributed by atoms with Gasteiger partial charge in [-0.25, -0.2) is 0 Å². The van der Waals surface area contributed by atoms with Gasteiger partial charge in [0.25, 0.3) is 0 Å². The van der Waals surface area contributed by atoms with Gasteiger partial charge in [0.1, 0.15) is 11.2 Å². The number of anilines is 3. The number of nitrogens with zero attached hydrogens (tertiary/aromatic N) is 2. The van der Waals surface area contributed by atoms with Gasteiger partial charge in [0.15, 0.2) is 0 Å². The lowest BCUT2D eigenvalue weighted by Crippen LogP contribution is -2.17. The van der Waals surface area contributed by atoms with Crippen molar-refractivity contribution in [1.29, 1.82) is 0 Å². The van der Waals surface area contributed by atoms with Gasteiger partial charge in [-0.2, -0.15) is 0 Å². The molecule has 3 heteroatoms. The molecule has 2 heterocycles. The molecule has 0 bridgehead atoms. The summed E-state index contributed by atoms with van der Waals surface area (Å²) in [6.07, 6.45) is 9.92. The molecule has 2 aromatic heterocycles. The van der Waals surface area contributed by atoms with Crippen LogP contribution < -0.4 is 4.90 Å². The van der Waals surface area contributed by atoms with Crippen molar-refractivity contribution in [3.63, 3.8) is 0 Å². The number of hydrogen-bond donors (Lipinski definition) is 0. The molecule has 0 fully saturated rings. The second-order valence-corrected chi connectivity index (χ2v) is 18.0. The first-order valence-corrected chi connectivity index (χ1v) is 22.4. The van der Waals surface area contributed by atoms with Crippen LogP contribution in [0.3, 0.4) is 0 Å². The van der Waals surface area contributed by atoms with Crippen molar-refractivity contribution in [2.24, 2.45) is 0 Å². The molecule has 0 saturated heterocycles. The van der Waals surface area contributed by atoms with Gasteiger partial charge in [-0.05, 0) is 111 Å². The first kappa shape index (κ1) is 36.7. The van der Waals surface area contributed by atoms with Crippen LogP contribution in [0.5, 0.6) is 0 Å². The van der Waals surface area contributed by atoms with Gasteiger partial charge in [-0.3, -0.25) is 0 Å². The molecule has 0 radical (unpaired) electrons. The minimum absolute atomic E-state index is 0.174. The Labute approximate surface area is 372 Å². The molecular formula is C61H44N2O. The highest BCUT2D eigenvalue weighted by Gasteiger charge is 2.36. The molecule has 2 aliphatic rings. The van der Waals surface area contributed by atoms with E-state index in [4.69, 9.17) is 4.42 Å². The maximum absolute atomic E-state index is 7.06. The van der Waals surface area contributed by atoms with Crippen LogP contribution in [0.4, 0.5) is 17.1 Å². The van der Waals surface area contributed by atoms with Crippen LogP contribution in [0, 0.1) is 0 Å². The summed E-state index contributed by atoms with van der Waals surface area (Å²) in [4.78, 5) is 2.51. The van der Waals surface area contributed by atoms with E-state index in [1.807, 2.05) is 0 Å². The van der Waals surface area contributed by atoms with Gasteiger partial charge in [-0.1, -0.05) is 172 Å².